The van der Waals surface area contributed by atoms with Crippen LogP contribution in [0.25, 0.3) is 0 Å². The molecule has 0 spiro atoms. The number of rotatable bonds is 5. The second-order valence-corrected chi connectivity index (χ2v) is 4.17. The van der Waals surface area contributed by atoms with E-state index in [-0.39, 0.29) is 11.3 Å². The second-order valence-electron chi connectivity index (χ2n) is 4.17. The fourth-order valence-corrected chi connectivity index (χ4v) is 1.77. The van der Waals surface area contributed by atoms with Crippen molar-refractivity contribution < 1.29 is 17.9 Å². The number of methoxy groups -OCH3 is 1. The Hall–Kier alpha value is -1.23. The van der Waals surface area contributed by atoms with Crippen LogP contribution in [0, 0.1) is 6.92 Å². The first kappa shape index (κ1) is 14.8. The lowest BCUT2D eigenvalue weighted by Gasteiger charge is -2.24. The molecule has 1 aromatic carbocycles. The highest BCUT2D eigenvalue weighted by Gasteiger charge is 2.41. The van der Waals surface area contributed by atoms with Gasteiger partial charge in [-0.1, -0.05) is 24.6 Å². The third kappa shape index (κ3) is 3.63. The van der Waals surface area contributed by atoms with Crippen molar-refractivity contribution in [3.8, 4) is 5.75 Å². The maximum absolute atomic E-state index is 13.1. The lowest BCUT2D eigenvalue weighted by molar-refractivity contribution is -0.158. The zero-order valence-corrected chi connectivity index (χ0v) is 10.8. The van der Waals surface area contributed by atoms with Crippen LogP contribution < -0.4 is 10.1 Å². The van der Waals surface area contributed by atoms with E-state index in [1.54, 1.807) is 19.1 Å². The van der Waals surface area contributed by atoms with E-state index in [1.165, 1.54) is 13.2 Å². The van der Waals surface area contributed by atoms with Gasteiger partial charge in [0.05, 0.1) is 7.11 Å². The van der Waals surface area contributed by atoms with Gasteiger partial charge < -0.3 is 10.1 Å². The van der Waals surface area contributed by atoms with Gasteiger partial charge in [-0.15, -0.1) is 0 Å². The van der Waals surface area contributed by atoms with Crippen LogP contribution in [-0.4, -0.2) is 19.8 Å². The summed E-state index contributed by atoms with van der Waals surface area (Å²) in [7, 11) is 1.38. The zero-order chi connectivity index (χ0) is 13.8. The van der Waals surface area contributed by atoms with Gasteiger partial charge in [-0.25, -0.2) is 0 Å². The van der Waals surface area contributed by atoms with Gasteiger partial charge in [0.1, 0.15) is 11.8 Å². The Labute approximate surface area is 105 Å². The van der Waals surface area contributed by atoms with Gasteiger partial charge in [-0.05, 0) is 26.0 Å². The molecule has 0 radical (unpaired) electrons. The largest absolute Gasteiger partial charge is 0.496 e. The summed E-state index contributed by atoms with van der Waals surface area (Å²) in [6.45, 7) is 3.89. The monoisotopic (exact) mass is 261 g/mol. The molecule has 1 unspecified atom stereocenters. The number of nitrogens with one attached hydrogen (secondary N) is 1. The Morgan fingerprint density at radius 2 is 2.00 bits per heavy atom. The van der Waals surface area contributed by atoms with E-state index in [4.69, 9.17) is 4.74 Å². The molecule has 0 aromatic heterocycles. The summed E-state index contributed by atoms with van der Waals surface area (Å²) in [5.41, 5.74) is 0.914. The molecule has 0 aliphatic carbocycles. The van der Waals surface area contributed by atoms with Crippen molar-refractivity contribution in [2.75, 3.05) is 13.7 Å². The maximum Gasteiger partial charge on any atom is 0.408 e. The van der Waals surface area contributed by atoms with Crippen LogP contribution in [0.3, 0.4) is 0 Å². The second kappa shape index (κ2) is 6.09. The average molecular weight is 261 g/mol. The van der Waals surface area contributed by atoms with Gasteiger partial charge >= 0.3 is 6.18 Å². The van der Waals surface area contributed by atoms with E-state index >= 15 is 0 Å². The van der Waals surface area contributed by atoms with Crippen LogP contribution in [0.1, 0.15) is 30.5 Å². The quantitative estimate of drug-likeness (QED) is 0.874. The molecule has 102 valence electrons. The van der Waals surface area contributed by atoms with Crippen molar-refractivity contribution >= 4 is 0 Å². The number of benzene rings is 1. The highest BCUT2D eigenvalue weighted by atomic mass is 19.4. The molecule has 2 nitrogen and oxygen atoms in total. The molecular formula is C13H18F3NO. The molecule has 1 N–H and O–H groups in total. The first-order valence-corrected chi connectivity index (χ1v) is 5.84. The van der Waals surface area contributed by atoms with Crippen LogP contribution in [0.4, 0.5) is 13.2 Å². The highest BCUT2D eigenvalue weighted by Crippen LogP contribution is 2.37. The van der Waals surface area contributed by atoms with Gasteiger partial charge in [-0.3, -0.25) is 0 Å². The molecule has 0 saturated carbocycles. The summed E-state index contributed by atoms with van der Waals surface area (Å²) >= 11 is 0. The SMILES string of the molecule is CCCNC(c1cc(C)ccc1OC)C(F)(F)F. The van der Waals surface area contributed by atoms with Crippen LogP contribution in [-0.2, 0) is 0 Å². The molecule has 0 bridgehead atoms. The molecule has 0 fully saturated rings. The summed E-state index contributed by atoms with van der Waals surface area (Å²) in [6.07, 6.45) is -3.70. The minimum Gasteiger partial charge on any atom is -0.496 e. The summed E-state index contributed by atoms with van der Waals surface area (Å²) in [5.74, 6) is 0.256. The minimum absolute atomic E-state index is 0.137. The third-order valence-corrected chi connectivity index (χ3v) is 2.62. The predicted molar refractivity (Wildman–Crippen MR) is 64.8 cm³/mol. The number of hydrogen-bond donors (Lipinski definition) is 1. The number of halogens is 3. The Morgan fingerprint density at radius 1 is 1.33 bits per heavy atom. The topological polar surface area (TPSA) is 21.3 Å². The lowest BCUT2D eigenvalue weighted by Crippen LogP contribution is -2.35. The fourth-order valence-electron chi connectivity index (χ4n) is 1.77. The average Bonchev–Trinajstić information content (AvgIpc) is 2.28. The van der Waals surface area contributed by atoms with E-state index in [0.717, 1.165) is 5.56 Å². The normalized spacial score (nSPS) is 13.4. The summed E-state index contributed by atoms with van der Waals surface area (Å²) < 4.78 is 44.2. The van der Waals surface area contributed by atoms with Gasteiger partial charge in [-0.2, -0.15) is 13.2 Å². The summed E-state index contributed by atoms with van der Waals surface area (Å²) in [6, 6.07) is 3.12. The van der Waals surface area contributed by atoms with Gasteiger partial charge in [0.15, 0.2) is 0 Å². The summed E-state index contributed by atoms with van der Waals surface area (Å²) in [5, 5.41) is 2.52. The van der Waals surface area contributed by atoms with E-state index in [2.05, 4.69) is 5.32 Å². The van der Waals surface area contributed by atoms with Crippen molar-refractivity contribution in [1.29, 1.82) is 0 Å². The molecule has 0 aliphatic rings. The Balaban J connectivity index is 3.15. The Kier molecular flexibility index (Phi) is 5.02. The van der Waals surface area contributed by atoms with Crippen molar-refractivity contribution in [3.63, 3.8) is 0 Å². The third-order valence-electron chi connectivity index (χ3n) is 2.62. The predicted octanol–water partition coefficient (Wildman–Crippen LogP) is 3.61. The molecule has 1 rings (SSSR count). The lowest BCUT2D eigenvalue weighted by atomic mass is 10.0. The molecule has 1 atom stereocenters. The molecule has 0 amide bonds. The standard InChI is InChI=1S/C13H18F3NO/c1-4-7-17-12(13(14,15)16)10-8-9(2)5-6-11(10)18-3/h5-6,8,12,17H,4,7H2,1-3H3. The maximum atomic E-state index is 13.1. The van der Waals surface area contributed by atoms with E-state index < -0.39 is 12.2 Å². The number of hydrogen-bond acceptors (Lipinski definition) is 2. The molecular weight excluding hydrogens is 243 g/mol. The smallest absolute Gasteiger partial charge is 0.408 e. The first-order chi connectivity index (χ1) is 8.40. The number of aryl methyl sites for hydroxylation is 1. The molecule has 0 saturated heterocycles. The van der Waals surface area contributed by atoms with Gasteiger partial charge in [0, 0.05) is 5.56 Å². The van der Waals surface area contributed by atoms with E-state index in [1.807, 2.05) is 6.92 Å². The zero-order valence-electron chi connectivity index (χ0n) is 10.8. The van der Waals surface area contributed by atoms with Crippen molar-refractivity contribution in [2.24, 2.45) is 0 Å². The Morgan fingerprint density at radius 3 is 2.50 bits per heavy atom. The van der Waals surface area contributed by atoms with Crippen LogP contribution in [0.2, 0.25) is 0 Å². The van der Waals surface area contributed by atoms with Crippen LogP contribution >= 0.6 is 0 Å². The summed E-state index contributed by atoms with van der Waals surface area (Å²) in [4.78, 5) is 0. The van der Waals surface area contributed by atoms with Crippen LogP contribution in [0.15, 0.2) is 18.2 Å². The van der Waals surface area contributed by atoms with Crippen molar-refractivity contribution in [3.05, 3.63) is 29.3 Å². The molecule has 5 heteroatoms. The molecule has 18 heavy (non-hydrogen) atoms. The van der Waals surface area contributed by atoms with Crippen molar-refractivity contribution in [2.45, 2.75) is 32.5 Å². The molecule has 1 aromatic rings. The number of alkyl halides is 3. The molecule has 0 heterocycles. The molecule has 0 aliphatic heterocycles. The van der Waals surface area contributed by atoms with Crippen LogP contribution in [0.5, 0.6) is 5.75 Å². The fraction of sp³-hybridized carbons (Fsp3) is 0.538. The number of ether oxygens (including phenoxy) is 1. The van der Waals surface area contributed by atoms with E-state index in [0.29, 0.717) is 13.0 Å². The van der Waals surface area contributed by atoms with E-state index in [9.17, 15) is 13.2 Å². The minimum atomic E-state index is -4.34. The highest BCUT2D eigenvalue weighted by molar-refractivity contribution is 5.39. The first-order valence-electron chi connectivity index (χ1n) is 5.84. The Bertz CT molecular complexity index is 390. The van der Waals surface area contributed by atoms with Crippen molar-refractivity contribution in [1.82, 2.24) is 5.32 Å². The van der Waals surface area contributed by atoms with Gasteiger partial charge in [0.2, 0.25) is 0 Å². The van der Waals surface area contributed by atoms with Gasteiger partial charge in [0.25, 0.3) is 0 Å².